The van der Waals surface area contributed by atoms with E-state index in [4.69, 9.17) is 0 Å². The summed E-state index contributed by atoms with van der Waals surface area (Å²) < 4.78 is 14.2. The molecule has 0 aromatic heterocycles. The third kappa shape index (κ3) is 4.19. The summed E-state index contributed by atoms with van der Waals surface area (Å²) in [6, 6.07) is 16.5. The van der Waals surface area contributed by atoms with Gasteiger partial charge in [-0.2, -0.15) is 0 Å². The molecular weight excluding hydrogens is 359 g/mol. The first-order chi connectivity index (χ1) is 13.2. The Morgan fingerprint density at radius 1 is 1.00 bits per heavy atom. The quantitative estimate of drug-likeness (QED) is 0.805. The molecule has 2 aromatic rings. The lowest BCUT2D eigenvalue weighted by Crippen LogP contribution is -2.35. The van der Waals surface area contributed by atoms with Crippen molar-refractivity contribution in [1.29, 1.82) is 0 Å². The van der Waals surface area contributed by atoms with Crippen molar-refractivity contribution in [3.63, 3.8) is 0 Å². The van der Waals surface area contributed by atoms with Crippen molar-refractivity contribution >= 4 is 17.7 Å². The number of benzene rings is 2. The van der Waals surface area contributed by atoms with Gasteiger partial charge in [0.15, 0.2) is 0 Å². The van der Waals surface area contributed by atoms with Crippen LogP contribution in [0.3, 0.4) is 0 Å². The first-order valence-corrected chi connectivity index (χ1v) is 10.6. The van der Waals surface area contributed by atoms with Gasteiger partial charge in [-0.3, -0.25) is 4.79 Å². The predicted molar refractivity (Wildman–Crippen MR) is 107 cm³/mol. The predicted octanol–water partition coefficient (Wildman–Crippen LogP) is 4.12. The molecule has 3 nitrogen and oxygen atoms in total. The van der Waals surface area contributed by atoms with E-state index in [1.54, 1.807) is 12.1 Å². The Bertz CT molecular complexity index is 771. The summed E-state index contributed by atoms with van der Waals surface area (Å²) in [5.41, 5.74) is 0.932. The van der Waals surface area contributed by atoms with Crippen LogP contribution in [0.4, 0.5) is 4.39 Å². The van der Waals surface area contributed by atoms with Gasteiger partial charge >= 0.3 is 0 Å². The SMILES string of the molecule is O=C(C(Sc1ccccc1F)c1ccccc1)N1CC[C@@H]2CNC[C@@H]2CC1. The van der Waals surface area contributed by atoms with Gasteiger partial charge in [0.2, 0.25) is 5.91 Å². The largest absolute Gasteiger partial charge is 0.341 e. The third-order valence-electron chi connectivity index (χ3n) is 5.74. The molecule has 0 spiro atoms. The van der Waals surface area contributed by atoms with E-state index < -0.39 is 5.25 Å². The highest BCUT2D eigenvalue weighted by Gasteiger charge is 2.34. The number of hydrogen-bond acceptors (Lipinski definition) is 3. The monoisotopic (exact) mass is 384 g/mol. The summed E-state index contributed by atoms with van der Waals surface area (Å²) in [6.07, 6.45) is 2.10. The molecule has 0 aliphatic carbocycles. The van der Waals surface area contributed by atoms with Gasteiger partial charge in [-0.25, -0.2) is 4.39 Å². The fourth-order valence-electron chi connectivity index (χ4n) is 4.16. The molecule has 2 aliphatic heterocycles. The average molecular weight is 385 g/mol. The first-order valence-electron chi connectivity index (χ1n) is 9.68. The lowest BCUT2D eigenvalue weighted by Gasteiger charge is -2.26. The Hall–Kier alpha value is -1.85. The summed E-state index contributed by atoms with van der Waals surface area (Å²) in [6.45, 7) is 3.73. The highest BCUT2D eigenvalue weighted by atomic mass is 32.2. The van der Waals surface area contributed by atoms with Crippen LogP contribution in [-0.4, -0.2) is 37.0 Å². The molecule has 3 atom stereocenters. The summed E-state index contributed by atoms with van der Waals surface area (Å²) in [5, 5.41) is 3.06. The zero-order chi connectivity index (χ0) is 18.6. The molecule has 0 radical (unpaired) electrons. The minimum atomic E-state index is -0.417. The number of carbonyl (C=O) groups is 1. The first kappa shape index (κ1) is 18.5. The maximum absolute atomic E-state index is 14.2. The lowest BCUT2D eigenvalue weighted by molar-refractivity contribution is -0.130. The number of halogens is 1. The topological polar surface area (TPSA) is 32.3 Å². The van der Waals surface area contributed by atoms with Crippen molar-refractivity contribution in [3.05, 3.63) is 66.0 Å². The Kier molecular flexibility index (Phi) is 5.79. The summed E-state index contributed by atoms with van der Waals surface area (Å²) in [4.78, 5) is 16.0. The van der Waals surface area contributed by atoms with Crippen LogP contribution in [-0.2, 0) is 4.79 Å². The Balaban J connectivity index is 1.56. The number of amides is 1. The van der Waals surface area contributed by atoms with E-state index >= 15 is 0 Å². The smallest absolute Gasteiger partial charge is 0.240 e. The maximum Gasteiger partial charge on any atom is 0.240 e. The number of carbonyl (C=O) groups excluding carboxylic acids is 1. The molecule has 1 amide bonds. The average Bonchev–Trinajstić information content (AvgIpc) is 3.06. The van der Waals surface area contributed by atoms with Crippen LogP contribution < -0.4 is 5.32 Å². The number of likely N-dealkylation sites (tertiary alicyclic amines) is 1. The van der Waals surface area contributed by atoms with E-state index in [9.17, 15) is 9.18 Å². The Labute approximate surface area is 164 Å². The summed E-state index contributed by atoms with van der Waals surface area (Å²) in [5.74, 6) is 1.18. The fourth-order valence-corrected chi connectivity index (χ4v) is 5.30. The summed E-state index contributed by atoms with van der Waals surface area (Å²) in [7, 11) is 0. The van der Waals surface area contributed by atoms with E-state index in [1.807, 2.05) is 41.3 Å². The number of hydrogen-bond donors (Lipinski definition) is 1. The lowest BCUT2D eigenvalue weighted by atomic mass is 9.92. The summed E-state index contributed by atoms with van der Waals surface area (Å²) >= 11 is 1.32. The fraction of sp³-hybridized carbons (Fsp3) is 0.409. The molecular formula is C22H25FN2OS. The van der Waals surface area contributed by atoms with E-state index in [0.717, 1.165) is 44.6 Å². The molecule has 2 aliphatic rings. The van der Waals surface area contributed by atoms with Crippen molar-refractivity contribution in [3.8, 4) is 0 Å². The van der Waals surface area contributed by atoms with Gasteiger partial charge in [0.25, 0.3) is 0 Å². The van der Waals surface area contributed by atoms with E-state index in [1.165, 1.54) is 17.8 Å². The van der Waals surface area contributed by atoms with Gasteiger partial charge in [0, 0.05) is 18.0 Å². The number of rotatable bonds is 4. The van der Waals surface area contributed by atoms with Crippen molar-refractivity contribution in [2.45, 2.75) is 23.0 Å². The molecule has 0 bridgehead atoms. The minimum Gasteiger partial charge on any atom is -0.341 e. The van der Waals surface area contributed by atoms with E-state index in [2.05, 4.69) is 5.32 Å². The second-order valence-electron chi connectivity index (χ2n) is 7.42. The van der Waals surface area contributed by atoms with Crippen molar-refractivity contribution in [1.82, 2.24) is 10.2 Å². The number of fused-ring (bicyclic) bond motifs is 1. The standard InChI is InChI=1S/C22H25FN2OS/c23-19-8-4-5-9-20(19)27-21(16-6-2-1-3-7-16)22(26)25-12-10-17-14-24-15-18(17)11-13-25/h1-9,17-18,21,24H,10-15H2/t17-,18+,21?. The van der Waals surface area contributed by atoms with Gasteiger partial charge in [-0.15, -0.1) is 11.8 Å². The van der Waals surface area contributed by atoms with Gasteiger partial charge in [0.1, 0.15) is 11.1 Å². The highest BCUT2D eigenvalue weighted by molar-refractivity contribution is 8.00. The van der Waals surface area contributed by atoms with Gasteiger partial charge in [-0.05, 0) is 55.5 Å². The van der Waals surface area contributed by atoms with Crippen LogP contribution >= 0.6 is 11.8 Å². The van der Waals surface area contributed by atoms with Crippen molar-refractivity contribution in [2.75, 3.05) is 26.2 Å². The van der Waals surface area contributed by atoms with Crippen molar-refractivity contribution < 1.29 is 9.18 Å². The van der Waals surface area contributed by atoms with Crippen LogP contribution in [0.1, 0.15) is 23.7 Å². The number of thioether (sulfide) groups is 1. The number of nitrogens with one attached hydrogen (secondary N) is 1. The molecule has 142 valence electrons. The molecule has 2 aromatic carbocycles. The molecule has 1 N–H and O–H groups in total. The van der Waals surface area contributed by atoms with Crippen LogP contribution in [0.15, 0.2) is 59.5 Å². The molecule has 2 saturated heterocycles. The van der Waals surface area contributed by atoms with E-state index in [-0.39, 0.29) is 11.7 Å². The Morgan fingerprint density at radius 2 is 1.63 bits per heavy atom. The zero-order valence-corrected chi connectivity index (χ0v) is 16.1. The van der Waals surface area contributed by atoms with E-state index in [0.29, 0.717) is 16.7 Å². The third-order valence-corrected chi connectivity index (χ3v) is 7.03. The van der Waals surface area contributed by atoms with Gasteiger partial charge in [0.05, 0.1) is 0 Å². The van der Waals surface area contributed by atoms with Crippen LogP contribution in [0.2, 0.25) is 0 Å². The van der Waals surface area contributed by atoms with Crippen LogP contribution in [0.5, 0.6) is 0 Å². The van der Waals surface area contributed by atoms with Crippen molar-refractivity contribution in [2.24, 2.45) is 11.8 Å². The molecule has 1 unspecified atom stereocenters. The van der Waals surface area contributed by atoms with Gasteiger partial charge in [-0.1, -0.05) is 42.5 Å². The molecule has 4 rings (SSSR count). The molecule has 27 heavy (non-hydrogen) atoms. The molecule has 0 saturated carbocycles. The normalized spacial score (nSPS) is 23.5. The number of nitrogens with zero attached hydrogens (tertiary/aromatic N) is 1. The molecule has 2 fully saturated rings. The maximum atomic E-state index is 14.2. The van der Waals surface area contributed by atoms with Gasteiger partial charge < -0.3 is 10.2 Å². The zero-order valence-electron chi connectivity index (χ0n) is 15.3. The highest BCUT2D eigenvalue weighted by Crippen LogP contribution is 2.39. The molecule has 2 heterocycles. The Morgan fingerprint density at radius 3 is 2.30 bits per heavy atom. The second-order valence-corrected chi connectivity index (χ2v) is 8.57. The molecule has 5 heteroatoms. The minimum absolute atomic E-state index is 0.0994. The van der Waals surface area contributed by atoms with Crippen LogP contribution in [0, 0.1) is 17.7 Å². The van der Waals surface area contributed by atoms with Crippen LogP contribution in [0.25, 0.3) is 0 Å². The second kappa shape index (κ2) is 8.44.